The molecule has 3 heteroatoms. The second-order valence-electron chi connectivity index (χ2n) is 4.45. The molecule has 0 aromatic carbocycles. The Morgan fingerprint density at radius 1 is 0.688 bits per heavy atom. The van der Waals surface area contributed by atoms with Crippen LogP contribution in [0.3, 0.4) is 0 Å². The lowest BCUT2D eigenvalue weighted by molar-refractivity contribution is 0.0968. The molecule has 0 radical (unpaired) electrons. The molecule has 0 unspecified atom stereocenters. The third-order valence-electron chi connectivity index (χ3n) is 2.86. The second-order valence-corrected chi connectivity index (χ2v) is 5.67. The van der Waals surface area contributed by atoms with E-state index in [-0.39, 0.29) is 0 Å². The van der Waals surface area contributed by atoms with Crippen LogP contribution in [0.5, 0.6) is 0 Å². The Bertz CT molecular complexity index is 95.2. The summed E-state index contributed by atoms with van der Waals surface area (Å²) >= 11 is 2.07. The van der Waals surface area contributed by atoms with Crippen molar-refractivity contribution >= 4 is 11.8 Å². The zero-order chi connectivity index (χ0) is 11.3. The van der Waals surface area contributed by atoms with E-state index in [1.807, 2.05) is 0 Å². The first-order chi connectivity index (χ1) is 8.00. The van der Waals surface area contributed by atoms with E-state index >= 15 is 0 Å². The number of hydrogen-bond acceptors (Lipinski definition) is 3. The van der Waals surface area contributed by atoms with Crippen LogP contribution in [-0.2, 0) is 4.74 Å². The molecule has 0 spiro atoms. The average molecular weight is 245 g/mol. The van der Waals surface area contributed by atoms with Crippen molar-refractivity contribution < 1.29 is 4.74 Å². The Morgan fingerprint density at radius 2 is 1.31 bits per heavy atom. The van der Waals surface area contributed by atoms with E-state index in [0.717, 1.165) is 13.2 Å². The lowest BCUT2D eigenvalue weighted by Crippen LogP contribution is -2.03. The van der Waals surface area contributed by atoms with Gasteiger partial charge < -0.3 is 10.1 Å². The van der Waals surface area contributed by atoms with Gasteiger partial charge >= 0.3 is 0 Å². The van der Waals surface area contributed by atoms with Gasteiger partial charge in [0.2, 0.25) is 0 Å². The Labute approximate surface area is 105 Å². The normalized spacial score (nSPS) is 24.0. The third kappa shape index (κ3) is 9.49. The van der Waals surface area contributed by atoms with Crippen molar-refractivity contribution in [3.05, 3.63) is 0 Å². The summed E-state index contributed by atoms with van der Waals surface area (Å²) in [6, 6.07) is 0. The second kappa shape index (κ2) is 11.7. The van der Waals surface area contributed by atoms with Crippen LogP contribution in [0.4, 0.5) is 0 Å². The fourth-order valence-corrected chi connectivity index (χ4v) is 2.84. The lowest BCUT2D eigenvalue weighted by atomic mass is 10.2. The van der Waals surface area contributed by atoms with Crippen LogP contribution in [0.2, 0.25) is 0 Å². The quantitative estimate of drug-likeness (QED) is 0.709. The summed E-state index contributed by atoms with van der Waals surface area (Å²) in [5.41, 5.74) is 0. The van der Waals surface area contributed by atoms with Gasteiger partial charge in [-0.15, -0.1) is 0 Å². The van der Waals surface area contributed by atoms with Crippen molar-refractivity contribution in [1.29, 1.82) is 0 Å². The Kier molecular flexibility index (Phi) is 10.5. The molecule has 0 atom stereocenters. The molecule has 3 heterocycles. The molecule has 16 heavy (non-hydrogen) atoms. The molecule has 0 aromatic rings. The maximum Gasteiger partial charge on any atom is 0.0466 e. The summed E-state index contributed by atoms with van der Waals surface area (Å²) in [5.74, 6) is 2.83. The van der Waals surface area contributed by atoms with Gasteiger partial charge in [-0.25, -0.2) is 0 Å². The Morgan fingerprint density at radius 3 is 1.50 bits per heavy atom. The van der Waals surface area contributed by atoms with Crippen molar-refractivity contribution in [3.8, 4) is 0 Å². The first kappa shape index (κ1) is 14.3. The number of thioether (sulfide) groups is 1. The standard InChI is InChI=1S/C5H10O.C4H9N.C4H8S/c1-2-4-6-5-3-1;2*1-2-4-5-3-1/h1-5H2;5H,1-4H2;1-4H2. The highest BCUT2D eigenvalue weighted by Gasteiger charge is 1.96. The van der Waals surface area contributed by atoms with Crippen LogP contribution >= 0.6 is 11.8 Å². The fourth-order valence-electron chi connectivity index (χ4n) is 1.82. The highest BCUT2D eigenvalue weighted by atomic mass is 32.2. The van der Waals surface area contributed by atoms with Crippen molar-refractivity contribution in [1.82, 2.24) is 5.32 Å². The fraction of sp³-hybridized carbons (Fsp3) is 1.00. The molecule has 96 valence electrons. The van der Waals surface area contributed by atoms with E-state index in [2.05, 4.69) is 17.1 Å². The maximum absolute atomic E-state index is 5.07. The minimum atomic E-state index is 1.00. The van der Waals surface area contributed by atoms with Gasteiger partial charge in [-0.1, -0.05) is 0 Å². The van der Waals surface area contributed by atoms with Gasteiger partial charge in [-0.2, -0.15) is 11.8 Å². The molecule has 3 fully saturated rings. The summed E-state index contributed by atoms with van der Waals surface area (Å²) in [4.78, 5) is 0. The smallest absolute Gasteiger partial charge is 0.0466 e. The molecule has 1 N–H and O–H groups in total. The zero-order valence-corrected chi connectivity index (χ0v) is 11.3. The summed E-state index contributed by atoms with van der Waals surface area (Å²) in [6.45, 7) is 4.50. The van der Waals surface area contributed by atoms with Crippen molar-refractivity contribution in [2.45, 2.75) is 44.9 Å². The topological polar surface area (TPSA) is 21.3 Å². The monoisotopic (exact) mass is 245 g/mol. The molecular formula is C13H27NOS. The molecule has 0 aromatic heterocycles. The molecule has 2 nitrogen and oxygen atoms in total. The van der Waals surface area contributed by atoms with Crippen LogP contribution < -0.4 is 5.32 Å². The molecule has 3 rings (SSSR count). The highest BCUT2D eigenvalue weighted by Crippen LogP contribution is 2.14. The van der Waals surface area contributed by atoms with E-state index in [4.69, 9.17) is 4.74 Å². The van der Waals surface area contributed by atoms with E-state index < -0.39 is 0 Å². The molecule has 3 saturated heterocycles. The van der Waals surface area contributed by atoms with Gasteiger partial charge in [-0.3, -0.25) is 0 Å². The van der Waals surface area contributed by atoms with Crippen LogP contribution in [0, 0.1) is 0 Å². The van der Waals surface area contributed by atoms with Gasteiger partial charge in [0, 0.05) is 13.2 Å². The summed E-state index contributed by atoms with van der Waals surface area (Å²) < 4.78 is 5.07. The average Bonchev–Trinajstić information content (AvgIpc) is 3.10. The van der Waals surface area contributed by atoms with Gasteiger partial charge in [0.25, 0.3) is 0 Å². The van der Waals surface area contributed by atoms with Crippen LogP contribution in [0.15, 0.2) is 0 Å². The third-order valence-corrected chi connectivity index (χ3v) is 4.02. The van der Waals surface area contributed by atoms with Crippen molar-refractivity contribution in [3.63, 3.8) is 0 Å². The minimum absolute atomic E-state index is 1.00. The molecule has 3 aliphatic rings. The molecule has 3 aliphatic heterocycles. The van der Waals surface area contributed by atoms with E-state index in [0.29, 0.717) is 0 Å². The Balaban J connectivity index is 0.000000121. The number of hydrogen-bond donors (Lipinski definition) is 1. The first-order valence-electron chi connectivity index (χ1n) is 6.86. The summed E-state index contributed by atoms with van der Waals surface area (Å²) in [7, 11) is 0. The molecule has 0 aliphatic carbocycles. The number of ether oxygens (including phenoxy) is 1. The molecule has 0 saturated carbocycles. The maximum atomic E-state index is 5.07. The first-order valence-corrected chi connectivity index (χ1v) is 8.02. The molecular weight excluding hydrogens is 218 g/mol. The minimum Gasteiger partial charge on any atom is -0.381 e. The largest absolute Gasteiger partial charge is 0.381 e. The number of nitrogens with one attached hydrogen (secondary N) is 1. The van der Waals surface area contributed by atoms with Crippen molar-refractivity contribution in [2.75, 3.05) is 37.8 Å². The summed E-state index contributed by atoms with van der Waals surface area (Å²) in [5, 5.41) is 3.22. The van der Waals surface area contributed by atoms with Crippen molar-refractivity contribution in [2.24, 2.45) is 0 Å². The van der Waals surface area contributed by atoms with E-state index in [9.17, 15) is 0 Å². The molecule has 0 amide bonds. The lowest BCUT2D eigenvalue weighted by Gasteiger charge is -2.08. The van der Waals surface area contributed by atoms with Gasteiger partial charge in [0.05, 0.1) is 0 Å². The van der Waals surface area contributed by atoms with E-state index in [1.54, 1.807) is 0 Å². The highest BCUT2D eigenvalue weighted by molar-refractivity contribution is 7.99. The number of rotatable bonds is 0. The van der Waals surface area contributed by atoms with Crippen LogP contribution in [0.25, 0.3) is 0 Å². The van der Waals surface area contributed by atoms with Gasteiger partial charge in [-0.05, 0) is 69.5 Å². The zero-order valence-electron chi connectivity index (χ0n) is 10.5. The van der Waals surface area contributed by atoms with E-state index in [1.165, 1.54) is 69.5 Å². The SMILES string of the molecule is C1CCNC1.C1CCOCC1.C1CCSC1. The van der Waals surface area contributed by atoms with Crippen LogP contribution in [-0.4, -0.2) is 37.8 Å². The predicted molar refractivity (Wildman–Crippen MR) is 73.3 cm³/mol. The molecule has 0 bridgehead atoms. The predicted octanol–water partition coefficient (Wildman–Crippen LogP) is 3.07. The van der Waals surface area contributed by atoms with Gasteiger partial charge in [0.15, 0.2) is 0 Å². The van der Waals surface area contributed by atoms with Crippen LogP contribution in [0.1, 0.15) is 44.9 Å². The Hall–Kier alpha value is 0.270. The van der Waals surface area contributed by atoms with Gasteiger partial charge in [0.1, 0.15) is 0 Å². The summed E-state index contributed by atoms with van der Waals surface area (Å²) in [6.07, 6.45) is 9.63.